The first-order chi connectivity index (χ1) is 11.6. The van der Waals surface area contributed by atoms with Gasteiger partial charge in [-0.05, 0) is 49.2 Å². The Kier molecular flexibility index (Phi) is 7.30. The van der Waals surface area contributed by atoms with E-state index in [9.17, 15) is 4.79 Å². The number of nitrogens with one attached hydrogen (secondary N) is 2. The minimum absolute atomic E-state index is 0.0446. The second-order valence-corrected chi connectivity index (χ2v) is 6.08. The molecule has 0 aliphatic carbocycles. The Bertz CT molecular complexity index is 609. The van der Waals surface area contributed by atoms with Gasteiger partial charge in [-0.15, -0.1) is 0 Å². The van der Waals surface area contributed by atoms with Crippen LogP contribution in [-0.4, -0.2) is 33.1 Å². The Morgan fingerprint density at radius 3 is 2.33 bits per heavy atom. The maximum absolute atomic E-state index is 11.9. The van der Waals surface area contributed by atoms with Crippen molar-refractivity contribution in [2.24, 2.45) is 0 Å². The van der Waals surface area contributed by atoms with Crippen molar-refractivity contribution in [2.45, 2.75) is 19.3 Å². The Morgan fingerprint density at radius 1 is 0.958 bits per heavy atom. The predicted octanol–water partition coefficient (Wildman–Crippen LogP) is 3.30. The highest BCUT2D eigenvalue weighted by atomic mass is 16.1. The second-order valence-electron chi connectivity index (χ2n) is 6.08. The van der Waals surface area contributed by atoms with E-state index in [1.54, 1.807) is 0 Å². The zero-order chi connectivity index (χ0) is 17.2. The molecule has 2 aromatic rings. The fraction of sp³-hybridized carbons (Fsp3) is 0.350. The highest BCUT2D eigenvalue weighted by molar-refractivity contribution is 5.91. The van der Waals surface area contributed by atoms with E-state index in [1.165, 1.54) is 5.56 Å². The number of hydrogen-bond acceptors (Lipinski definition) is 3. The molecule has 2 aromatic carbocycles. The van der Waals surface area contributed by atoms with E-state index in [-0.39, 0.29) is 5.91 Å². The molecule has 0 radical (unpaired) electrons. The molecule has 0 heterocycles. The number of aryl methyl sites for hydroxylation is 1. The summed E-state index contributed by atoms with van der Waals surface area (Å²) >= 11 is 0. The Labute approximate surface area is 144 Å². The summed E-state index contributed by atoms with van der Waals surface area (Å²) in [6.07, 6.45) is 2.64. The first kappa shape index (κ1) is 18.0. The van der Waals surface area contributed by atoms with E-state index in [1.807, 2.05) is 49.3 Å². The molecule has 0 atom stereocenters. The first-order valence-electron chi connectivity index (χ1n) is 8.47. The predicted molar refractivity (Wildman–Crippen MR) is 102 cm³/mol. The van der Waals surface area contributed by atoms with Crippen LogP contribution in [-0.2, 0) is 11.2 Å². The summed E-state index contributed by atoms with van der Waals surface area (Å²) in [5.74, 6) is 0.0446. The largest absolute Gasteiger partial charge is 0.378 e. The maximum atomic E-state index is 11.9. The van der Waals surface area contributed by atoms with Gasteiger partial charge in [0, 0.05) is 38.4 Å². The molecule has 0 bridgehead atoms. The van der Waals surface area contributed by atoms with Gasteiger partial charge in [-0.1, -0.05) is 30.3 Å². The van der Waals surface area contributed by atoms with Crippen LogP contribution in [0.25, 0.3) is 0 Å². The van der Waals surface area contributed by atoms with Crippen LogP contribution >= 0.6 is 0 Å². The Balaban J connectivity index is 1.58. The quantitative estimate of drug-likeness (QED) is 0.695. The lowest BCUT2D eigenvalue weighted by atomic mass is 10.1. The molecule has 4 nitrogen and oxygen atoms in total. The summed E-state index contributed by atoms with van der Waals surface area (Å²) in [5.41, 5.74) is 3.32. The van der Waals surface area contributed by atoms with Crippen LogP contribution in [0.1, 0.15) is 18.4 Å². The molecule has 24 heavy (non-hydrogen) atoms. The standard InChI is InChI=1S/C20H27N3O/c1-23(2)19-12-10-18(11-13-19)22-20(24)14-16-21-15-6-9-17-7-4-3-5-8-17/h3-5,7-8,10-13,21H,6,9,14-16H2,1-2H3,(H,22,24). The molecule has 2 rings (SSSR count). The van der Waals surface area contributed by atoms with Gasteiger partial charge in [-0.25, -0.2) is 0 Å². The van der Waals surface area contributed by atoms with Gasteiger partial charge >= 0.3 is 0 Å². The zero-order valence-electron chi connectivity index (χ0n) is 14.6. The van der Waals surface area contributed by atoms with Crippen LogP contribution in [0.5, 0.6) is 0 Å². The van der Waals surface area contributed by atoms with Crippen molar-refractivity contribution in [1.82, 2.24) is 5.32 Å². The van der Waals surface area contributed by atoms with Crippen molar-refractivity contribution in [2.75, 3.05) is 37.4 Å². The number of rotatable bonds is 9. The molecule has 0 fully saturated rings. The van der Waals surface area contributed by atoms with Crippen molar-refractivity contribution in [3.63, 3.8) is 0 Å². The molecule has 0 saturated carbocycles. The van der Waals surface area contributed by atoms with Crippen LogP contribution < -0.4 is 15.5 Å². The van der Waals surface area contributed by atoms with Gasteiger partial charge in [0.05, 0.1) is 0 Å². The topological polar surface area (TPSA) is 44.4 Å². The van der Waals surface area contributed by atoms with Crippen molar-refractivity contribution in [1.29, 1.82) is 0 Å². The number of carbonyl (C=O) groups excluding carboxylic acids is 1. The summed E-state index contributed by atoms with van der Waals surface area (Å²) in [4.78, 5) is 14.0. The SMILES string of the molecule is CN(C)c1ccc(NC(=O)CCNCCCc2ccccc2)cc1. The molecule has 4 heteroatoms. The monoisotopic (exact) mass is 325 g/mol. The second kappa shape index (κ2) is 9.73. The van der Waals surface area contributed by atoms with Crippen LogP contribution in [0.4, 0.5) is 11.4 Å². The average Bonchev–Trinajstić information content (AvgIpc) is 2.59. The fourth-order valence-electron chi connectivity index (χ4n) is 2.46. The normalized spacial score (nSPS) is 10.4. The number of carbonyl (C=O) groups is 1. The molecule has 128 valence electrons. The number of amides is 1. The van der Waals surface area contributed by atoms with Crippen LogP contribution in [0.2, 0.25) is 0 Å². The van der Waals surface area contributed by atoms with E-state index in [2.05, 4.69) is 34.9 Å². The lowest BCUT2D eigenvalue weighted by Gasteiger charge is -2.13. The molecule has 1 amide bonds. The van der Waals surface area contributed by atoms with Gasteiger partial charge in [0.25, 0.3) is 0 Å². The van der Waals surface area contributed by atoms with E-state index < -0.39 is 0 Å². The van der Waals surface area contributed by atoms with Gasteiger partial charge in [-0.2, -0.15) is 0 Å². The van der Waals surface area contributed by atoms with Gasteiger partial charge in [0.1, 0.15) is 0 Å². The molecule has 0 aliphatic heterocycles. The summed E-state index contributed by atoms with van der Waals surface area (Å²) in [6, 6.07) is 18.3. The average molecular weight is 325 g/mol. The Morgan fingerprint density at radius 2 is 1.67 bits per heavy atom. The lowest BCUT2D eigenvalue weighted by molar-refractivity contribution is -0.116. The number of hydrogen-bond donors (Lipinski definition) is 2. The third kappa shape index (κ3) is 6.42. The molecule has 0 aromatic heterocycles. The van der Waals surface area contributed by atoms with Crippen molar-refractivity contribution >= 4 is 17.3 Å². The van der Waals surface area contributed by atoms with E-state index in [4.69, 9.17) is 0 Å². The highest BCUT2D eigenvalue weighted by Gasteiger charge is 2.02. The minimum Gasteiger partial charge on any atom is -0.378 e. The summed E-state index contributed by atoms with van der Waals surface area (Å²) in [7, 11) is 3.99. The van der Waals surface area contributed by atoms with Crippen LogP contribution in [0.3, 0.4) is 0 Å². The molecule has 0 saturated heterocycles. The number of benzene rings is 2. The van der Waals surface area contributed by atoms with Crippen molar-refractivity contribution in [3.8, 4) is 0 Å². The first-order valence-corrected chi connectivity index (χ1v) is 8.47. The third-order valence-corrected chi connectivity index (χ3v) is 3.86. The smallest absolute Gasteiger partial charge is 0.225 e. The van der Waals surface area contributed by atoms with Crippen LogP contribution in [0, 0.1) is 0 Å². The lowest BCUT2D eigenvalue weighted by Crippen LogP contribution is -2.23. The molecular weight excluding hydrogens is 298 g/mol. The van der Waals surface area contributed by atoms with E-state index >= 15 is 0 Å². The summed E-state index contributed by atoms with van der Waals surface area (Å²) in [6.45, 7) is 1.64. The summed E-state index contributed by atoms with van der Waals surface area (Å²) < 4.78 is 0. The molecular formula is C20H27N3O. The third-order valence-electron chi connectivity index (χ3n) is 3.86. The molecule has 0 spiro atoms. The molecule has 0 aliphatic rings. The minimum atomic E-state index is 0.0446. The number of nitrogens with zero attached hydrogens (tertiary/aromatic N) is 1. The van der Waals surface area contributed by atoms with E-state index in [0.717, 1.165) is 30.8 Å². The fourth-order valence-corrected chi connectivity index (χ4v) is 2.46. The highest BCUT2D eigenvalue weighted by Crippen LogP contribution is 2.15. The maximum Gasteiger partial charge on any atom is 0.225 e. The zero-order valence-corrected chi connectivity index (χ0v) is 14.6. The van der Waals surface area contributed by atoms with Crippen molar-refractivity contribution in [3.05, 3.63) is 60.2 Å². The van der Waals surface area contributed by atoms with E-state index in [0.29, 0.717) is 13.0 Å². The van der Waals surface area contributed by atoms with Gasteiger partial charge in [0.15, 0.2) is 0 Å². The van der Waals surface area contributed by atoms with Crippen molar-refractivity contribution < 1.29 is 4.79 Å². The van der Waals surface area contributed by atoms with Gasteiger partial charge < -0.3 is 15.5 Å². The number of anilines is 2. The van der Waals surface area contributed by atoms with Crippen LogP contribution in [0.15, 0.2) is 54.6 Å². The molecule has 2 N–H and O–H groups in total. The summed E-state index contributed by atoms with van der Waals surface area (Å²) in [5, 5.41) is 6.26. The Hall–Kier alpha value is -2.33. The van der Waals surface area contributed by atoms with Gasteiger partial charge in [-0.3, -0.25) is 4.79 Å². The molecule has 0 unspecified atom stereocenters. The van der Waals surface area contributed by atoms with Gasteiger partial charge in [0.2, 0.25) is 5.91 Å².